The number of hydrogen-bond donors (Lipinski definition) is 1. The van der Waals surface area contributed by atoms with Crippen molar-refractivity contribution in [3.05, 3.63) is 41.0 Å². The third kappa shape index (κ3) is 5.69. The van der Waals surface area contributed by atoms with Gasteiger partial charge in [0.05, 0.1) is 18.2 Å². The van der Waals surface area contributed by atoms with E-state index in [1.54, 1.807) is 7.11 Å². The first-order valence-corrected chi connectivity index (χ1v) is 6.57. The number of nitriles is 1. The van der Waals surface area contributed by atoms with E-state index in [2.05, 4.69) is 31.3 Å². The van der Waals surface area contributed by atoms with E-state index in [0.29, 0.717) is 11.5 Å². The van der Waals surface area contributed by atoms with Crippen molar-refractivity contribution in [3.8, 4) is 6.07 Å². The van der Waals surface area contributed by atoms with Crippen LogP contribution in [0, 0.1) is 17.2 Å². The first-order valence-electron chi connectivity index (χ1n) is 6.57. The van der Waals surface area contributed by atoms with Gasteiger partial charge in [-0.25, -0.2) is 0 Å². The average Bonchev–Trinajstić information content (AvgIpc) is 2.42. The molecule has 0 unspecified atom stereocenters. The average molecular weight is 258 g/mol. The van der Waals surface area contributed by atoms with Crippen LogP contribution in [0.4, 0.5) is 0 Å². The fourth-order valence-electron chi connectivity index (χ4n) is 1.74. The van der Waals surface area contributed by atoms with Crippen molar-refractivity contribution in [2.24, 2.45) is 5.92 Å². The maximum Gasteiger partial charge on any atom is 0.0991 e. The van der Waals surface area contributed by atoms with Crippen LogP contribution in [0.15, 0.2) is 29.8 Å². The molecule has 0 amide bonds. The van der Waals surface area contributed by atoms with Crippen molar-refractivity contribution in [1.29, 1.82) is 5.26 Å². The Morgan fingerprint density at radius 2 is 2.26 bits per heavy atom. The Morgan fingerprint density at radius 3 is 2.89 bits per heavy atom. The topological polar surface area (TPSA) is 45.0 Å². The summed E-state index contributed by atoms with van der Waals surface area (Å²) in [6, 6.07) is 9.85. The summed E-state index contributed by atoms with van der Waals surface area (Å²) < 4.78 is 5.01. The van der Waals surface area contributed by atoms with Gasteiger partial charge in [-0.1, -0.05) is 37.6 Å². The lowest BCUT2D eigenvalue weighted by Gasteiger charge is -2.13. The van der Waals surface area contributed by atoms with Gasteiger partial charge in [0.2, 0.25) is 0 Å². The molecule has 1 rings (SSSR count). The van der Waals surface area contributed by atoms with Crippen molar-refractivity contribution in [3.63, 3.8) is 0 Å². The monoisotopic (exact) mass is 258 g/mol. The molecule has 0 aliphatic carbocycles. The Labute approximate surface area is 115 Å². The molecule has 19 heavy (non-hydrogen) atoms. The van der Waals surface area contributed by atoms with Crippen LogP contribution in [0.25, 0.3) is 6.08 Å². The molecule has 0 aromatic heterocycles. The van der Waals surface area contributed by atoms with Gasteiger partial charge in [-0.3, -0.25) is 0 Å². The molecular formula is C16H22N2O. The van der Waals surface area contributed by atoms with E-state index in [-0.39, 0.29) is 0 Å². The molecule has 0 radical (unpaired) electrons. The SMILES string of the molecule is COCCNCC(=Cc1cccc(C#N)c1)C(C)C. The lowest BCUT2D eigenvalue weighted by molar-refractivity contribution is 0.200. The number of rotatable bonds is 7. The Balaban J connectivity index is 2.74. The second-order valence-electron chi connectivity index (χ2n) is 4.78. The zero-order chi connectivity index (χ0) is 14.1. The van der Waals surface area contributed by atoms with E-state index in [0.717, 1.165) is 25.3 Å². The fraction of sp³-hybridized carbons (Fsp3) is 0.438. The maximum absolute atomic E-state index is 8.91. The molecule has 0 aliphatic heterocycles. The van der Waals surface area contributed by atoms with Gasteiger partial charge in [-0.05, 0) is 23.6 Å². The van der Waals surface area contributed by atoms with E-state index in [1.807, 2.05) is 24.3 Å². The van der Waals surface area contributed by atoms with Gasteiger partial charge in [-0.2, -0.15) is 5.26 Å². The molecule has 1 aromatic rings. The lowest BCUT2D eigenvalue weighted by atomic mass is 9.99. The number of nitrogens with one attached hydrogen (secondary N) is 1. The number of methoxy groups -OCH3 is 1. The van der Waals surface area contributed by atoms with Crippen LogP contribution in [0.1, 0.15) is 25.0 Å². The predicted molar refractivity (Wildman–Crippen MR) is 78.7 cm³/mol. The van der Waals surface area contributed by atoms with Gasteiger partial charge in [0.15, 0.2) is 0 Å². The molecule has 3 heteroatoms. The van der Waals surface area contributed by atoms with Gasteiger partial charge < -0.3 is 10.1 Å². The second kappa shape index (κ2) is 8.47. The van der Waals surface area contributed by atoms with Crippen molar-refractivity contribution in [2.75, 3.05) is 26.8 Å². The van der Waals surface area contributed by atoms with E-state index in [1.165, 1.54) is 5.57 Å². The Hall–Kier alpha value is -1.63. The van der Waals surface area contributed by atoms with Crippen molar-refractivity contribution in [2.45, 2.75) is 13.8 Å². The third-order valence-corrected chi connectivity index (χ3v) is 2.92. The highest BCUT2D eigenvalue weighted by Crippen LogP contribution is 2.15. The molecule has 1 N–H and O–H groups in total. The number of benzene rings is 1. The van der Waals surface area contributed by atoms with Gasteiger partial charge in [0.1, 0.15) is 0 Å². The molecule has 0 saturated heterocycles. The molecule has 0 saturated carbocycles. The summed E-state index contributed by atoms with van der Waals surface area (Å²) in [5.74, 6) is 0.473. The third-order valence-electron chi connectivity index (χ3n) is 2.92. The first-order chi connectivity index (χ1) is 9.17. The van der Waals surface area contributed by atoms with Gasteiger partial charge in [0, 0.05) is 20.2 Å². The van der Waals surface area contributed by atoms with E-state index in [4.69, 9.17) is 10.00 Å². The normalized spacial score (nSPS) is 11.6. The number of hydrogen-bond acceptors (Lipinski definition) is 3. The minimum absolute atomic E-state index is 0.473. The molecule has 0 bridgehead atoms. The summed E-state index contributed by atoms with van der Waals surface area (Å²) in [7, 11) is 1.70. The van der Waals surface area contributed by atoms with Crippen molar-refractivity contribution >= 4 is 6.08 Å². The summed E-state index contributed by atoms with van der Waals surface area (Å²) in [5.41, 5.74) is 3.10. The molecule has 0 atom stereocenters. The molecule has 1 aromatic carbocycles. The summed E-state index contributed by atoms with van der Waals surface area (Å²) in [4.78, 5) is 0. The Bertz CT molecular complexity index is 458. The van der Waals surface area contributed by atoms with Gasteiger partial charge in [-0.15, -0.1) is 0 Å². The molecular weight excluding hydrogens is 236 g/mol. The Kier molecular flexibility index (Phi) is 6.88. The van der Waals surface area contributed by atoms with Crippen molar-refractivity contribution in [1.82, 2.24) is 5.32 Å². The minimum atomic E-state index is 0.473. The Morgan fingerprint density at radius 1 is 1.47 bits per heavy atom. The highest BCUT2D eigenvalue weighted by atomic mass is 16.5. The zero-order valence-electron chi connectivity index (χ0n) is 11.9. The van der Waals surface area contributed by atoms with Gasteiger partial charge in [0.25, 0.3) is 0 Å². The van der Waals surface area contributed by atoms with E-state index < -0.39 is 0 Å². The second-order valence-corrected chi connectivity index (χ2v) is 4.78. The number of ether oxygens (including phenoxy) is 1. The van der Waals surface area contributed by atoms with Crippen LogP contribution in [0.2, 0.25) is 0 Å². The van der Waals surface area contributed by atoms with Crippen LogP contribution in [0.3, 0.4) is 0 Å². The maximum atomic E-state index is 8.91. The molecule has 0 fully saturated rings. The molecule has 0 aliphatic rings. The summed E-state index contributed by atoms with van der Waals surface area (Å²) in [6.45, 7) is 6.77. The fourth-order valence-corrected chi connectivity index (χ4v) is 1.74. The molecule has 102 valence electrons. The van der Waals surface area contributed by atoms with Crippen LogP contribution in [-0.2, 0) is 4.74 Å². The van der Waals surface area contributed by atoms with Crippen molar-refractivity contribution < 1.29 is 4.74 Å². The highest BCUT2D eigenvalue weighted by molar-refractivity contribution is 5.55. The smallest absolute Gasteiger partial charge is 0.0991 e. The molecule has 3 nitrogen and oxygen atoms in total. The largest absolute Gasteiger partial charge is 0.383 e. The summed E-state index contributed by atoms with van der Waals surface area (Å²) >= 11 is 0. The summed E-state index contributed by atoms with van der Waals surface area (Å²) in [5, 5.41) is 12.3. The van der Waals surface area contributed by atoms with E-state index in [9.17, 15) is 0 Å². The molecule has 0 spiro atoms. The predicted octanol–water partition coefficient (Wildman–Crippen LogP) is 2.83. The lowest BCUT2D eigenvalue weighted by Crippen LogP contribution is -2.23. The van der Waals surface area contributed by atoms with E-state index >= 15 is 0 Å². The van der Waals surface area contributed by atoms with Crippen LogP contribution < -0.4 is 5.32 Å². The first kappa shape index (κ1) is 15.4. The number of nitrogens with zero attached hydrogens (tertiary/aromatic N) is 1. The van der Waals surface area contributed by atoms with Crippen LogP contribution >= 0.6 is 0 Å². The summed E-state index contributed by atoms with van der Waals surface area (Å²) in [6.07, 6.45) is 2.16. The standard InChI is InChI=1S/C16H22N2O/c1-13(2)16(12-18-7-8-19-3)10-14-5-4-6-15(9-14)11-17/h4-6,9-10,13,18H,7-8,12H2,1-3H3. The highest BCUT2D eigenvalue weighted by Gasteiger charge is 2.03. The van der Waals surface area contributed by atoms with Gasteiger partial charge >= 0.3 is 0 Å². The van der Waals surface area contributed by atoms with Crippen LogP contribution in [-0.4, -0.2) is 26.8 Å². The molecule has 0 heterocycles. The van der Waals surface area contributed by atoms with Crippen LogP contribution in [0.5, 0.6) is 0 Å². The minimum Gasteiger partial charge on any atom is -0.383 e. The zero-order valence-corrected chi connectivity index (χ0v) is 11.9. The quantitative estimate of drug-likeness (QED) is 0.765.